The van der Waals surface area contributed by atoms with Crippen LogP contribution in [0.3, 0.4) is 0 Å². The number of carbonyl (C=O) groups excluding carboxylic acids is 1. The highest BCUT2D eigenvalue weighted by molar-refractivity contribution is 7.89. The van der Waals surface area contributed by atoms with E-state index in [4.69, 9.17) is 7.48 Å². The first-order valence-electron chi connectivity index (χ1n) is 8.79. The molecule has 7 nitrogen and oxygen atoms in total. The van der Waals surface area contributed by atoms with Crippen LogP contribution in [0.25, 0.3) is 0 Å². The minimum Gasteiger partial charge on any atom is -0.377 e. The molecule has 140 valence electrons. The van der Waals surface area contributed by atoms with Gasteiger partial charge in [0, 0.05) is 18.9 Å². The van der Waals surface area contributed by atoms with E-state index < -0.39 is 27.3 Å². The molecule has 1 aliphatic heterocycles. The van der Waals surface area contributed by atoms with E-state index in [-0.39, 0.29) is 47.1 Å². The molecule has 0 bridgehead atoms. The Balaban J connectivity index is 1.87. The summed E-state index contributed by atoms with van der Waals surface area (Å²) in [5, 5.41) is 2.40. The maximum absolute atomic E-state index is 13.6. The molecule has 0 spiro atoms. The maximum Gasteiger partial charge on any atom is 0.272 e. The summed E-state index contributed by atoms with van der Waals surface area (Å²) < 4.78 is 63.4. The molecule has 2 heterocycles. The monoisotopic (exact) mass is 383 g/mol. The van der Waals surface area contributed by atoms with E-state index in [1.54, 1.807) is 6.92 Å². The number of nitrogens with one attached hydrogen (secondary N) is 2. The Labute approximate surface area is 154 Å². The summed E-state index contributed by atoms with van der Waals surface area (Å²) in [6.45, 7) is 3.60. The molecule has 9 heteroatoms. The van der Waals surface area contributed by atoms with Gasteiger partial charge < -0.3 is 14.6 Å². The first-order chi connectivity index (χ1) is 12.9. The molecular weight excluding hydrogens is 361 g/mol. The van der Waals surface area contributed by atoms with Gasteiger partial charge in [0.1, 0.15) is 16.4 Å². The van der Waals surface area contributed by atoms with E-state index in [1.165, 1.54) is 30.8 Å². The summed E-state index contributed by atoms with van der Waals surface area (Å²) in [6, 6.07) is 1.46. The second kappa shape index (κ2) is 6.49. The number of benzene rings is 1. The average Bonchev–Trinajstić information content (AvgIpc) is 2.98. The Morgan fingerprint density at radius 1 is 1.46 bits per heavy atom. The van der Waals surface area contributed by atoms with Gasteiger partial charge in [0.05, 0.1) is 21.5 Å². The number of anilines is 1. The van der Waals surface area contributed by atoms with E-state index >= 15 is 0 Å². The number of sulfonamides is 1. The Morgan fingerprint density at radius 3 is 2.77 bits per heavy atom. The van der Waals surface area contributed by atoms with Gasteiger partial charge in [0.25, 0.3) is 5.91 Å². The molecular formula is C17H20FN3O4S. The zero-order chi connectivity index (χ0) is 20.9. The largest absolute Gasteiger partial charge is 0.377 e. The summed E-state index contributed by atoms with van der Waals surface area (Å²) in [4.78, 5) is 12.5. The molecule has 1 saturated heterocycles. The molecule has 2 aromatic rings. The van der Waals surface area contributed by atoms with Gasteiger partial charge in [-0.15, -0.1) is 0 Å². The summed E-state index contributed by atoms with van der Waals surface area (Å²) in [5.41, 5.74) is -0.826. The van der Waals surface area contributed by atoms with Gasteiger partial charge >= 0.3 is 0 Å². The van der Waals surface area contributed by atoms with Crippen molar-refractivity contribution < 1.29 is 25.1 Å². The van der Waals surface area contributed by atoms with Crippen LogP contribution in [-0.4, -0.2) is 37.6 Å². The summed E-state index contributed by atoms with van der Waals surface area (Å²) >= 11 is 0. The second-order valence-corrected chi connectivity index (χ2v) is 8.23. The third-order valence-electron chi connectivity index (χ3n) is 4.00. The van der Waals surface area contributed by atoms with Gasteiger partial charge in [-0.2, -0.15) is 0 Å². The maximum atomic E-state index is 13.6. The van der Waals surface area contributed by atoms with Crippen molar-refractivity contribution in [3.8, 4) is 0 Å². The van der Waals surface area contributed by atoms with E-state index in [9.17, 15) is 17.6 Å². The Hall–Kier alpha value is -2.23. The van der Waals surface area contributed by atoms with Crippen LogP contribution in [0.1, 0.15) is 25.7 Å². The van der Waals surface area contributed by atoms with E-state index in [0.717, 1.165) is 6.07 Å². The van der Waals surface area contributed by atoms with Crippen molar-refractivity contribution in [2.45, 2.75) is 24.3 Å². The third-order valence-corrected chi connectivity index (χ3v) is 5.60. The first kappa shape index (κ1) is 16.0. The zero-order valence-corrected chi connectivity index (χ0v) is 15.3. The molecule has 1 aromatic heterocycles. The molecule has 1 amide bonds. The van der Waals surface area contributed by atoms with E-state index in [2.05, 4.69) is 10.0 Å². The highest BCUT2D eigenvalue weighted by Crippen LogP contribution is 2.22. The number of nitrogens with zero attached hydrogens (tertiary/aromatic N) is 1. The standard InChI is InChI=1S/C17H20FN3O4S/c1-11-6-12(4-5-14(11)18)19-16(22)15-7-13(8-21(15)3)26(23,24)20-17(2)9-25-10-17/h4-8,20H,9-10H2,1-3H3,(H,19,22)/i4D,6D. The number of hydrogen-bond acceptors (Lipinski definition) is 4. The molecule has 0 saturated carbocycles. The lowest BCUT2D eigenvalue weighted by atomic mass is 10.0. The number of rotatable bonds is 5. The minimum absolute atomic E-state index is 0.00149. The van der Waals surface area contributed by atoms with Crippen molar-refractivity contribution in [2.75, 3.05) is 18.5 Å². The smallest absolute Gasteiger partial charge is 0.272 e. The van der Waals surface area contributed by atoms with Gasteiger partial charge in [0.15, 0.2) is 0 Å². The fourth-order valence-corrected chi connectivity index (χ4v) is 3.98. The molecule has 26 heavy (non-hydrogen) atoms. The van der Waals surface area contributed by atoms with Crippen molar-refractivity contribution in [2.24, 2.45) is 7.05 Å². The third kappa shape index (κ3) is 3.64. The fraction of sp³-hybridized carbons (Fsp3) is 0.353. The van der Waals surface area contributed by atoms with Crippen LogP contribution in [0.5, 0.6) is 0 Å². The number of aromatic nitrogens is 1. The SMILES string of the molecule is [2H]c1cc(F)c(C)c([2H])c1NC(=O)c1cc(S(=O)(=O)NC2(C)COC2)cn1C. The van der Waals surface area contributed by atoms with Crippen LogP contribution in [0.2, 0.25) is 0 Å². The van der Waals surface area contributed by atoms with Crippen LogP contribution in [-0.2, 0) is 21.8 Å². The van der Waals surface area contributed by atoms with E-state index in [0.29, 0.717) is 0 Å². The normalized spacial score (nSPS) is 17.2. The van der Waals surface area contributed by atoms with Gasteiger partial charge in [0.2, 0.25) is 10.0 Å². The van der Waals surface area contributed by atoms with Crippen molar-refractivity contribution in [1.82, 2.24) is 9.29 Å². The predicted molar refractivity (Wildman–Crippen MR) is 94.0 cm³/mol. The second-order valence-electron chi connectivity index (χ2n) is 6.55. The number of carbonyl (C=O) groups is 1. The molecule has 2 N–H and O–H groups in total. The van der Waals surface area contributed by atoms with Crippen LogP contribution < -0.4 is 10.0 Å². The first-order valence-corrected chi connectivity index (χ1v) is 9.27. The highest BCUT2D eigenvalue weighted by atomic mass is 32.2. The lowest BCUT2D eigenvalue weighted by Gasteiger charge is -2.38. The Bertz CT molecular complexity index is 1060. The lowest BCUT2D eigenvalue weighted by molar-refractivity contribution is -0.0523. The van der Waals surface area contributed by atoms with Crippen LogP contribution in [0, 0.1) is 12.7 Å². The molecule has 1 aromatic carbocycles. The minimum atomic E-state index is -3.87. The molecule has 0 unspecified atom stereocenters. The lowest BCUT2D eigenvalue weighted by Crippen LogP contribution is -2.59. The Morgan fingerprint density at radius 2 is 2.15 bits per heavy atom. The molecule has 0 radical (unpaired) electrons. The van der Waals surface area contributed by atoms with Crippen LogP contribution in [0.4, 0.5) is 10.1 Å². The van der Waals surface area contributed by atoms with Crippen molar-refractivity contribution in [3.05, 3.63) is 47.5 Å². The predicted octanol–water partition coefficient (Wildman–Crippen LogP) is 1.79. The van der Waals surface area contributed by atoms with Gasteiger partial charge in [-0.1, -0.05) is 0 Å². The molecule has 1 aliphatic rings. The van der Waals surface area contributed by atoms with E-state index in [1.807, 2.05) is 0 Å². The average molecular weight is 383 g/mol. The topological polar surface area (TPSA) is 89.4 Å². The zero-order valence-electron chi connectivity index (χ0n) is 16.5. The molecule has 1 fully saturated rings. The Kier molecular flexibility index (Phi) is 3.99. The van der Waals surface area contributed by atoms with Crippen molar-refractivity contribution in [1.29, 1.82) is 0 Å². The van der Waals surface area contributed by atoms with Gasteiger partial charge in [-0.3, -0.25) is 4.79 Å². The molecule has 0 atom stereocenters. The van der Waals surface area contributed by atoms with Gasteiger partial charge in [-0.25, -0.2) is 17.5 Å². The number of halogens is 1. The van der Waals surface area contributed by atoms with Crippen molar-refractivity contribution >= 4 is 21.6 Å². The number of aryl methyl sites for hydroxylation is 1. The van der Waals surface area contributed by atoms with Crippen LogP contribution >= 0.6 is 0 Å². The molecule has 3 rings (SSSR count). The highest BCUT2D eigenvalue weighted by Gasteiger charge is 2.38. The number of ether oxygens (including phenoxy) is 1. The summed E-state index contributed by atoms with van der Waals surface area (Å²) in [6.07, 6.45) is 1.29. The molecule has 0 aliphatic carbocycles. The fourth-order valence-electron chi connectivity index (χ4n) is 2.53. The van der Waals surface area contributed by atoms with Crippen molar-refractivity contribution in [3.63, 3.8) is 0 Å². The summed E-state index contributed by atoms with van der Waals surface area (Å²) in [7, 11) is -2.37. The number of amides is 1. The van der Waals surface area contributed by atoms with Gasteiger partial charge in [-0.05, 0) is 43.6 Å². The number of hydrogen-bond donors (Lipinski definition) is 2. The summed E-state index contributed by atoms with van der Waals surface area (Å²) in [5.74, 6) is -1.42. The quantitative estimate of drug-likeness (QED) is 0.824. The van der Waals surface area contributed by atoms with Crippen LogP contribution in [0.15, 0.2) is 35.3 Å².